The first-order valence-electron chi connectivity index (χ1n) is 5.87. The number of nitrogens with one attached hydrogen (secondary N) is 1. The summed E-state index contributed by atoms with van der Waals surface area (Å²) in [5, 5.41) is 5.76. The Kier molecular flexibility index (Phi) is 3.10. The summed E-state index contributed by atoms with van der Waals surface area (Å²) >= 11 is 7.48. The number of fused-ring (bicyclic) bond motifs is 1. The highest BCUT2D eigenvalue weighted by molar-refractivity contribution is 7.12. The van der Waals surface area contributed by atoms with Gasteiger partial charge in [0.15, 0.2) is 5.78 Å². The number of thiophene rings is 1. The normalized spacial score (nSPS) is 17.9. The van der Waals surface area contributed by atoms with E-state index in [2.05, 4.69) is 5.32 Å². The molecule has 0 saturated heterocycles. The van der Waals surface area contributed by atoms with Crippen molar-refractivity contribution in [3.05, 3.63) is 51.2 Å². The fourth-order valence-electron chi connectivity index (χ4n) is 2.37. The predicted molar refractivity (Wildman–Crippen MR) is 75.9 cm³/mol. The van der Waals surface area contributed by atoms with E-state index < -0.39 is 0 Å². The summed E-state index contributed by atoms with van der Waals surface area (Å²) in [6.45, 7) is 0.830. The molecule has 1 atom stereocenters. The van der Waals surface area contributed by atoms with Gasteiger partial charge in [-0.3, -0.25) is 4.79 Å². The topological polar surface area (TPSA) is 29.1 Å². The number of para-hydroxylation sites is 1. The number of rotatable bonds is 2. The van der Waals surface area contributed by atoms with E-state index in [4.69, 9.17) is 11.6 Å². The minimum atomic E-state index is -0.0707. The minimum absolute atomic E-state index is 0.0707. The molecule has 0 fully saturated rings. The molecule has 0 radical (unpaired) electrons. The highest BCUT2D eigenvalue weighted by Crippen LogP contribution is 2.36. The maximum absolute atomic E-state index is 12.5. The molecule has 1 aromatic heterocycles. The molecule has 0 spiro atoms. The van der Waals surface area contributed by atoms with Crippen molar-refractivity contribution in [3.8, 4) is 0 Å². The number of ketones is 1. The van der Waals surface area contributed by atoms with Crippen LogP contribution in [0, 0.1) is 0 Å². The molecule has 4 heteroatoms. The molecule has 1 aliphatic rings. The zero-order chi connectivity index (χ0) is 12.5. The van der Waals surface area contributed by atoms with Crippen molar-refractivity contribution >= 4 is 34.4 Å². The van der Waals surface area contributed by atoms with Crippen LogP contribution in [0.2, 0.25) is 5.02 Å². The van der Waals surface area contributed by atoms with Crippen molar-refractivity contribution in [2.45, 2.75) is 12.3 Å². The summed E-state index contributed by atoms with van der Waals surface area (Å²) in [4.78, 5) is 13.2. The summed E-state index contributed by atoms with van der Waals surface area (Å²) in [6, 6.07) is 9.78. The summed E-state index contributed by atoms with van der Waals surface area (Å²) < 4.78 is 0. The Morgan fingerprint density at radius 2 is 2.17 bits per heavy atom. The molecule has 0 amide bonds. The van der Waals surface area contributed by atoms with Crippen LogP contribution in [0.5, 0.6) is 0 Å². The van der Waals surface area contributed by atoms with E-state index in [9.17, 15) is 4.79 Å². The SMILES string of the molecule is O=C(c1sccc1Cl)C1CCNc2ccccc21. The van der Waals surface area contributed by atoms with Crippen LogP contribution in [0.3, 0.4) is 0 Å². The average Bonchev–Trinajstić information content (AvgIpc) is 2.83. The number of Topliss-reactive ketones (excluding diaryl/α,β-unsaturated/α-hetero) is 1. The Balaban J connectivity index is 2.00. The van der Waals surface area contributed by atoms with Crippen LogP contribution in [-0.4, -0.2) is 12.3 Å². The number of hydrogen-bond donors (Lipinski definition) is 1. The monoisotopic (exact) mass is 277 g/mol. The Hall–Kier alpha value is -1.32. The van der Waals surface area contributed by atoms with Gasteiger partial charge in [-0.2, -0.15) is 0 Å². The molecule has 1 N–H and O–H groups in total. The molecule has 1 aliphatic heterocycles. The summed E-state index contributed by atoms with van der Waals surface area (Å²) in [5.41, 5.74) is 2.15. The first-order valence-corrected chi connectivity index (χ1v) is 7.13. The van der Waals surface area contributed by atoms with Crippen molar-refractivity contribution in [3.63, 3.8) is 0 Å². The van der Waals surface area contributed by atoms with Crippen LogP contribution >= 0.6 is 22.9 Å². The largest absolute Gasteiger partial charge is 0.385 e. The van der Waals surface area contributed by atoms with Gasteiger partial charge < -0.3 is 5.32 Å². The van der Waals surface area contributed by atoms with Gasteiger partial charge in [0.2, 0.25) is 0 Å². The van der Waals surface area contributed by atoms with E-state index in [0.29, 0.717) is 9.90 Å². The molecule has 18 heavy (non-hydrogen) atoms. The Morgan fingerprint density at radius 3 is 2.94 bits per heavy atom. The summed E-state index contributed by atoms with van der Waals surface area (Å²) in [7, 11) is 0. The van der Waals surface area contributed by atoms with Gasteiger partial charge in [-0.15, -0.1) is 11.3 Å². The summed E-state index contributed by atoms with van der Waals surface area (Å²) in [6.07, 6.45) is 0.823. The van der Waals surface area contributed by atoms with E-state index in [1.807, 2.05) is 29.6 Å². The third kappa shape index (κ3) is 1.93. The van der Waals surface area contributed by atoms with Gasteiger partial charge in [-0.1, -0.05) is 29.8 Å². The lowest BCUT2D eigenvalue weighted by molar-refractivity contribution is 0.0959. The Morgan fingerprint density at radius 1 is 1.33 bits per heavy atom. The molecule has 2 nitrogen and oxygen atoms in total. The van der Waals surface area contributed by atoms with E-state index in [1.54, 1.807) is 6.07 Å². The summed E-state index contributed by atoms with van der Waals surface area (Å²) in [5.74, 6) is 0.0718. The van der Waals surface area contributed by atoms with Gasteiger partial charge in [-0.05, 0) is 29.5 Å². The van der Waals surface area contributed by atoms with E-state index >= 15 is 0 Å². The van der Waals surface area contributed by atoms with Crippen molar-refractivity contribution in [2.24, 2.45) is 0 Å². The van der Waals surface area contributed by atoms with Gasteiger partial charge in [0.1, 0.15) is 0 Å². The fourth-order valence-corrected chi connectivity index (χ4v) is 3.51. The Bertz CT molecular complexity index is 593. The smallest absolute Gasteiger partial charge is 0.181 e. The predicted octanol–water partition coefficient (Wildman–Crippen LogP) is 4.18. The molecule has 1 aromatic carbocycles. The first kappa shape index (κ1) is 11.8. The highest BCUT2D eigenvalue weighted by atomic mass is 35.5. The lowest BCUT2D eigenvalue weighted by atomic mass is 9.87. The van der Waals surface area contributed by atoms with Crippen molar-refractivity contribution in [1.82, 2.24) is 0 Å². The molecule has 0 saturated carbocycles. The molecule has 92 valence electrons. The van der Waals surface area contributed by atoms with Crippen LogP contribution in [-0.2, 0) is 0 Å². The van der Waals surface area contributed by atoms with E-state index in [1.165, 1.54) is 11.3 Å². The van der Waals surface area contributed by atoms with E-state index in [0.717, 1.165) is 24.2 Å². The molecular weight excluding hydrogens is 266 g/mol. The molecule has 1 unspecified atom stereocenters. The number of anilines is 1. The fraction of sp³-hybridized carbons (Fsp3) is 0.214. The molecular formula is C14H12ClNOS. The Labute approximate surface area is 115 Å². The second-order valence-electron chi connectivity index (χ2n) is 4.32. The number of carbonyl (C=O) groups excluding carboxylic acids is 1. The molecule has 3 rings (SSSR count). The molecule has 0 aliphatic carbocycles. The van der Waals surface area contributed by atoms with Gasteiger partial charge in [0.25, 0.3) is 0 Å². The van der Waals surface area contributed by atoms with Crippen LogP contribution in [0.25, 0.3) is 0 Å². The van der Waals surface area contributed by atoms with Crippen LogP contribution < -0.4 is 5.32 Å². The van der Waals surface area contributed by atoms with Crippen molar-refractivity contribution in [1.29, 1.82) is 0 Å². The second kappa shape index (κ2) is 4.75. The molecule has 0 bridgehead atoms. The third-order valence-corrected chi connectivity index (χ3v) is 4.60. The van der Waals surface area contributed by atoms with Crippen LogP contribution in [0.1, 0.15) is 27.6 Å². The molecule has 2 aromatic rings. The van der Waals surface area contributed by atoms with Crippen molar-refractivity contribution in [2.75, 3.05) is 11.9 Å². The molecule has 2 heterocycles. The lowest BCUT2D eigenvalue weighted by Gasteiger charge is -2.25. The quantitative estimate of drug-likeness (QED) is 0.834. The maximum atomic E-state index is 12.5. The third-order valence-electron chi connectivity index (χ3n) is 3.24. The number of benzene rings is 1. The van der Waals surface area contributed by atoms with Gasteiger partial charge >= 0.3 is 0 Å². The minimum Gasteiger partial charge on any atom is -0.385 e. The average molecular weight is 278 g/mol. The highest BCUT2D eigenvalue weighted by Gasteiger charge is 2.28. The van der Waals surface area contributed by atoms with Crippen molar-refractivity contribution < 1.29 is 4.79 Å². The first-order chi connectivity index (χ1) is 8.77. The van der Waals surface area contributed by atoms with Crippen LogP contribution in [0.4, 0.5) is 5.69 Å². The zero-order valence-electron chi connectivity index (χ0n) is 9.65. The maximum Gasteiger partial charge on any atom is 0.181 e. The van der Waals surface area contributed by atoms with Gasteiger partial charge in [0, 0.05) is 12.2 Å². The standard InChI is InChI=1S/C14H12ClNOS/c15-11-6-8-18-14(11)13(17)10-5-7-16-12-4-2-1-3-9(10)12/h1-4,6,8,10,16H,5,7H2. The van der Waals surface area contributed by atoms with Gasteiger partial charge in [-0.25, -0.2) is 0 Å². The van der Waals surface area contributed by atoms with Gasteiger partial charge in [0.05, 0.1) is 15.8 Å². The van der Waals surface area contributed by atoms with E-state index in [-0.39, 0.29) is 11.7 Å². The number of halogens is 1. The second-order valence-corrected chi connectivity index (χ2v) is 5.64. The number of carbonyl (C=O) groups is 1. The van der Waals surface area contributed by atoms with Crippen LogP contribution in [0.15, 0.2) is 35.7 Å². The lowest BCUT2D eigenvalue weighted by Crippen LogP contribution is -2.22. The number of hydrogen-bond acceptors (Lipinski definition) is 3. The zero-order valence-corrected chi connectivity index (χ0v) is 11.2.